The largest absolute Gasteiger partial charge is 0.490 e. The number of aliphatic imine (C=N–C) groups is 1. The number of anilines is 1. The lowest BCUT2D eigenvalue weighted by molar-refractivity contribution is 0.208. The Morgan fingerprint density at radius 2 is 1.82 bits per heavy atom. The van der Waals surface area contributed by atoms with Crippen LogP contribution in [-0.4, -0.2) is 25.3 Å². The fourth-order valence-corrected chi connectivity index (χ4v) is 3.53. The highest BCUT2D eigenvalue weighted by atomic mass is 16.5. The number of guanidine groups is 1. The molecule has 2 aromatic carbocycles. The Morgan fingerprint density at radius 3 is 2.68 bits per heavy atom. The van der Waals surface area contributed by atoms with Crippen LogP contribution in [0.5, 0.6) is 17.2 Å². The van der Waals surface area contributed by atoms with E-state index in [1.807, 2.05) is 42.5 Å². The maximum atomic E-state index is 6.17. The maximum absolute atomic E-state index is 6.17. The van der Waals surface area contributed by atoms with E-state index in [-0.39, 0.29) is 0 Å². The average Bonchev–Trinajstić information content (AvgIpc) is 3.10. The predicted octanol–water partition coefficient (Wildman–Crippen LogP) is 4.10. The highest BCUT2D eigenvalue weighted by Gasteiger charge is 2.17. The third-order valence-corrected chi connectivity index (χ3v) is 5.01. The number of rotatable bonds is 5. The van der Waals surface area contributed by atoms with Crippen molar-refractivity contribution >= 4 is 11.6 Å². The summed E-state index contributed by atoms with van der Waals surface area (Å²) in [5.74, 6) is 2.74. The molecule has 0 saturated heterocycles. The molecule has 0 atom stereocenters. The van der Waals surface area contributed by atoms with Crippen LogP contribution in [0.4, 0.5) is 5.69 Å². The Labute approximate surface area is 165 Å². The van der Waals surface area contributed by atoms with Gasteiger partial charge in [-0.1, -0.05) is 18.2 Å². The van der Waals surface area contributed by atoms with Crippen molar-refractivity contribution in [1.82, 2.24) is 0 Å². The zero-order valence-electron chi connectivity index (χ0n) is 16.0. The molecule has 0 aromatic heterocycles. The number of nitrogens with one attached hydrogen (secondary N) is 1. The SMILES string of the molecule is NC(=NCc1ccccc1OC1CCCC1)Nc1ccc2c(c1)OCCCO2. The minimum Gasteiger partial charge on any atom is -0.490 e. The van der Waals surface area contributed by atoms with Crippen LogP contribution in [0.2, 0.25) is 0 Å². The van der Waals surface area contributed by atoms with E-state index in [2.05, 4.69) is 10.3 Å². The second-order valence-electron chi connectivity index (χ2n) is 7.17. The Hall–Kier alpha value is -2.89. The van der Waals surface area contributed by atoms with E-state index < -0.39 is 0 Å². The first kappa shape index (κ1) is 18.5. The summed E-state index contributed by atoms with van der Waals surface area (Å²) in [5.41, 5.74) is 7.96. The van der Waals surface area contributed by atoms with Gasteiger partial charge in [0.15, 0.2) is 17.5 Å². The topological polar surface area (TPSA) is 78.1 Å². The van der Waals surface area contributed by atoms with Crippen molar-refractivity contribution in [3.05, 3.63) is 48.0 Å². The molecule has 1 fully saturated rings. The highest BCUT2D eigenvalue weighted by Crippen LogP contribution is 2.32. The van der Waals surface area contributed by atoms with Crippen molar-refractivity contribution in [2.45, 2.75) is 44.8 Å². The third-order valence-electron chi connectivity index (χ3n) is 5.01. The van der Waals surface area contributed by atoms with Crippen LogP contribution >= 0.6 is 0 Å². The van der Waals surface area contributed by atoms with E-state index in [1.165, 1.54) is 12.8 Å². The van der Waals surface area contributed by atoms with Crippen molar-refractivity contribution in [3.8, 4) is 17.2 Å². The van der Waals surface area contributed by atoms with Crippen molar-refractivity contribution in [2.75, 3.05) is 18.5 Å². The van der Waals surface area contributed by atoms with E-state index in [9.17, 15) is 0 Å². The minimum atomic E-state index is 0.322. The van der Waals surface area contributed by atoms with Crippen LogP contribution < -0.4 is 25.3 Å². The summed E-state index contributed by atoms with van der Waals surface area (Å²) in [6.45, 7) is 1.79. The molecule has 148 valence electrons. The molecule has 1 aliphatic carbocycles. The number of nitrogens with two attached hydrogens (primary N) is 1. The summed E-state index contributed by atoms with van der Waals surface area (Å²) in [6.07, 6.45) is 5.96. The lowest BCUT2D eigenvalue weighted by atomic mass is 10.2. The minimum absolute atomic E-state index is 0.322. The average molecular weight is 381 g/mol. The van der Waals surface area contributed by atoms with Gasteiger partial charge in [-0.25, -0.2) is 4.99 Å². The molecule has 6 nitrogen and oxygen atoms in total. The van der Waals surface area contributed by atoms with Crippen LogP contribution in [0.3, 0.4) is 0 Å². The molecule has 0 unspecified atom stereocenters. The molecule has 1 saturated carbocycles. The number of para-hydroxylation sites is 1. The first-order valence-electron chi connectivity index (χ1n) is 9.99. The summed E-state index contributed by atoms with van der Waals surface area (Å²) < 4.78 is 17.5. The van der Waals surface area contributed by atoms with Crippen LogP contribution in [0.25, 0.3) is 0 Å². The Morgan fingerprint density at radius 1 is 1.04 bits per heavy atom. The van der Waals surface area contributed by atoms with E-state index in [0.717, 1.165) is 47.8 Å². The van der Waals surface area contributed by atoms with E-state index in [4.69, 9.17) is 19.9 Å². The Balaban J connectivity index is 1.40. The number of nitrogens with zero attached hydrogens (tertiary/aromatic N) is 1. The highest BCUT2D eigenvalue weighted by molar-refractivity contribution is 5.92. The Kier molecular flexibility index (Phi) is 5.85. The first-order valence-corrected chi connectivity index (χ1v) is 9.99. The lowest BCUT2D eigenvalue weighted by Crippen LogP contribution is -2.22. The summed E-state index contributed by atoms with van der Waals surface area (Å²) in [6, 6.07) is 13.7. The van der Waals surface area contributed by atoms with Gasteiger partial charge < -0.3 is 25.3 Å². The van der Waals surface area contributed by atoms with E-state index in [1.54, 1.807) is 0 Å². The van der Waals surface area contributed by atoms with Gasteiger partial charge in [0.1, 0.15) is 5.75 Å². The van der Waals surface area contributed by atoms with E-state index >= 15 is 0 Å². The number of benzene rings is 2. The molecule has 0 spiro atoms. The molecule has 2 aliphatic rings. The van der Waals surface area contributed by atoms with Gasteiger partial charge in [-0.15, -0.1) is 0 Å². The van der Waals surface area contributed by atoms with Crippen LogP contribution in [0.1, 0.15) is 37.7 Å². The summed E-state index contributed by atoms with van der Waals surface area (Å²) in [4.78, 5) is 4.49. The fraction of sp³-hybridized carbons (Fsp3) is 0.409. The molecule has 2 aromatic rings. The van der Waals surface area contributed by atoms with Gasteiger partial charge in [0.05, 0.1) is 25.9 Å². The second kappa shape index (κ2) is 8.87. The maximum Gasteiger partial charge on any atom is 0.193 e. The molecule has 0 radical (unpaired) electrons. The van der Waals surface area contributed by atoms with Crippen molar-refractivity contribution in [1.29, 1.82) is 0 Å². The zero-order valence-corrected chi connectivity index (χ0v) is 16.0. The number of fused-ring (bicyclic) bond motifs is 1. The van der Waals surface area contributed by atoms with Crippen molar-refractivity contribution < 1.29 is 14.2 Å². The van der Waals surface area contributed by atoms with E-state index in [0.29, 0.717) is 31.8 Å². The number of ether oxygens (including phenoxy) is 3. The summed E-state index contributed by atoms with van der Waals surface area (Å²) >= 11 is 0. The lowest BCUT2D eigenvalue weighted by Gasteiger charge is -2.16. The van der Waals surface area contributed by atoms with Crippen molar-refractivity contribution in [2.24, 2.45) is 10.7 Å². The van der Waals surface area contributed by atoms with Crippen LogP contribution in [0.15, 0.2) is 47.5 Å². The normalized spacial score (nSPS) is 17.2. The Bertz CT molecular complexity index is 832. The predicted molar refractivity (Wildman–Crippen MR) is 110 cm³/mol. The van der Waals surface area contributed by atoms with Crippen LogP contribution in [-0.2, 0) is 6.54 Å². The quantitative estimate of drug-likeness (QED) is 0.602. The smallest absolute Gasteiger partial charge is 0.193 e. The molecular formula is C22H27N3O3. The van der Waals surface area contributed by atoms with Gasteiger partial charge >= 0.3 is 0 Å². The number of hydrogen-bond acceptors (Lipinski definition) is 4. The summed E-state index contributed by atoms with van der Waals surface area (Å²) in [5, 5.41) is 3.13. The fourth-order valence-electron chi connectivity index (χ4n) is 3.53. The molecule has 1 aliphatic heterocycles. The molecule has 0 amide bonds. The summed E-state index contributed by atoms with van der Waals surface area (Å²) in [7, 11) is 0. The third kappa shape index (κ3) is 4.68. The zero-order chi connectivity index (χ0) is 19.2. The molecule has 6 heteroatoms. The van der Waals surface area contributed by atoms with Gasteiger partial charge in [-0.05, 0) is 43.9 Å². The van der Waals surface area contributed by atoms with Gasteiger partial charge in [0, 0.05) is 23.7 Å². The molecule has 0 bridgehead atoms. The molecule has 1 heterocycles. The van der Waals surface area contributed by atoms with Gasteiger partial charge in [0.25, 0.3) is 0 Å². The van der Waals surface area contributed by atoms with Gasteiger partial charge in [0.2, 0.25) is 0 Å². The molecule has 3 N–H and O–H groups in total. The molecular weight excluding hydrogens is 354 g/mol. The monoisotopic (exact) mass is 381 g/mol. The molecule has 28 heavy (non-hydrogen) atoms. The molecule has 4 rings (SSSR count). The number of hydrogen-bond donors (Lipinski definition) is 2. The standard InChI is InChI=1S/C22H27N3O3/c23-22(25-17-10-11-20-21(14-17)27-13-5-12-26-20)24-15-16-6-1-4-9-19(16)28-18-7-2-3-8-18/h1,4,6,9-11,14,18H,2-3,5,7-8,12-13,15H2,(H3,23,24,25). The van der Waals surface area contributed by atoms with Gasteiger partial charge in [-0.3, -0.25) is 0 Å². The van der Waals surface area contributed by atoms with Crippen LogP contribution in [0, 0.1) is 0 Å². The first-order chi connectivity index (χ1) is 13.8. The van der Waals surface area contributed by atoms with Crippen molar-refractivity contribution in [3.63, 3.8) is 0 Å². The van der Waals surface area contributed by atoms with Gasteiger partial charge in [-0.2, -0.15) is 0 Å². The second-order valence-corrected chi connectivity index (χ2v) is 7.17.